The summed E-state index contributed by atoms with van der Waals surface area (Å²) >= 11 is 1.32. The molecule has 0 aliphatic rings. The monoisotopic (exact) mass is 288 g/mol. The van der Waals surface area contributed by atoms with Gasteiger partial charge in [-0.15, -0.1) is 17.9 Å². The van der Waals surface area contributed by atoms with Gasteiger partial charge in [-0.3, -0.25) is 0 Å². The quantitative estimate of drug-likeness (QED) is 0.745. The van der Waals surface area contributed by atoms with Gasteiger partial charge >= 0.3 is 0 Å². The molecule has 0 bridgehead atoms. The molecule has 0 spiro atoms. The average molecular weight is 288 g/mol. The highest BCUT2D eigenvalue weighted by molar-refractivity contribution is 7.91. The largest absolute Gasteiger partial charge is 0.315 e. The van der Waals surface area contributed by atoms with Gasteiger partial charge in [-0.1, -0.05) is 13.0 Å². The van der Waals surface area contributed by atoms with E-state index >= 15 is 0 Å². The Hall–Kier alpha value is -0.690. The average Bonchev–Trinajstić information content (AvgIpc) is 2.78. The van der Waals surface area contributed by atoms with E-state index in [1.54, 1.807) is 12.1 Å². The third-order valence-electron chi connectivity index (χ3n) is 2.39. The highest BCUT2D eigenvalue weighted by atomic mass is 32.2. The molecule has 1 aromatic rings. The second-order valence-corrected chi connectivity index (χ2v) is 7.24. The van der Waals surface area contributed by atoms with Crippen molar-refractivity contribution in [2.24, 2.45) is 0 Å². The summed E-state index contributed by atoms with van der Waals surface area (Å²) in [5, 5.41) is 3.01. The molecule has 0 unspecified atom stereocenters. The third kappa shape index (κ3) is 3.65. The number of hydrogen-bond acceptors (Lipinski definition) is 4. The Balaban J connectivity index is 2.97. The van der Waals surface area contributed by atoms with Crippen molar-refractivity contribution in [1.82, 2.24) is 9.62 Å². The normalized spacial score (nSPS) is 11.9. The van der Waals surface area contributed by atoms with Gasteiger partial charge in [0.2, 0.25) is 0 Å². The number of hydrogen-bond donors (Lipinski definition) is 1. The van der Waals surface area contributed by atoms with Crippen molar-refractivity contribution >= 4 is 21.4 Å². The molecular formula is C12H20N2O2S2. The van der Waals surface area contributed by atoms with Crippen LogP contribution in [0.5, 0.6) is 0 Å². The van der Waals surface area contributed by atoms with Crippen molar-refractivity contribution < 1.29 is 8.42 Å². The van der Waals surface area contributed by atoms with Gasteiger partial charge in [0.15, 0.2) is 0 Å². The fraction of sp³-hybridized carbons (Fsp3) is 0.500. The summed E-state index contributed by atoms with van der Waals surface area (Å²) in [6, 6.07) is 3.53. The summed E-state index contributed by atoms with van der Waals surface area (Å²) in [5.41, 5.74) is 0. The minimum atomic E-state index is -3.37. The summed E-state index contributed by atoms with van der Waals surface area (Å²) < 4.78 is 26.7. The van der Waals surface area contributed by atoms with E-state index in [-0.39, 0.29) is 0 Å². The molecule has 18 heavy (non-hydrogen) atoms. The molecule has 0 aliphatic heterocycles. The summed E-state index contributed by atoms with van der Waals surface area (Å²) in [5.74, 6) is 0. The van der Waals surface area contributed by atoms with Gasteiger partial charge in [0.25, 0.3) is 10.0 Å². The standard InChI is InChI=1S/C12H20N2O2S2/c1-4-8-14(9-5-2)18(15,16)12-7-6-11(17-12)10-13-3/h4,6-7,13H,1,5,8-10H2,2-3H3. The minimum Gasteiger partial charge on any atom is -0.315 e. The fourth-order valence-electron chi connectivity index (χ4n) is 1.60. The first-order chi connectivity index (χ1) is 8.56. The van der Waals surface area contributed by atoms with Crippen molar-refractivity contribution in [3.63, 3.8) is 0 Å². The zero-order valence-electron chi connectivity index (χ0n) is 10.8. The van der Waals surface area contributed by atoms with E-state index in [2.05, 4.69) is 11.9 Å². The molecule has 0 aromatic carbocycles. The van der Waals surface area contributed by atoms with Crippen LogP contribution < -0.4 is 5.32 Å². The molecule has 0 radical (unpaired) electrons. The highest BCUT2D eigenvalue weighted by Crippen LogP contribution is 2.25. The fourth-order valence-corrected chi connectivity index (χ4v) is 4.62. The maximum Gasteiger partial charge on any atom is 0.252 e. The lowest BCUT2D eigenvalue weighted by atomic mass is 10.5. The Labute approximate surface area is 113 Å². The molecule has 1 aromatic heterocycles. The van der Waals surface area contributed by atoms with Crippen molar-refractivity contribution in [1.29, 1.82) is 0 Å². The van der Waals surface area contributed by atoms with Crippen LogP contribution in [0.15, 0.2) is 29.0 Å². The molecule has 0 aliphatic carbocycles. The van der Waals surface area contributed by atoms with E-state index in [9.17, 15) is 8.42 Å². The molecule has 102 valence electrons. The summed E-state index contributed by atoms with van der Waals surface area (Å²) in [4.78, 5) is 1.02. The van der Waals surface area contributed by atoms with Crippen LogP contribution in [0.1, 0.15) is 18.2 Å². The zero-order valence-corrected chi connectivity index (χ0v) is 12.5. The Morgan fingerprint density at radius 2 is 2.22 bits per heavy atom. The number of thiophene rings is 1. The van der Waals surface area contributed by atoms with Gasteiger partial charge in [-0.25, -0.2) is 8.42 Å². The SMILES string of the molecule is C=CCN(CCC)S(=O)(=O)c1ccc(CNC)s1. The molecule has 0 saturated heterocycles. The zero-order chi connectivity index (χ0) is 13.6. The molecule has 1 heterocycles. The van der Waals surface area contributed by atoms with Crippen LogP contribution in [0.3, 0.4) is 0 Å². The molecule has 0 atom stereocenters. The first kappa shape index (κ1) is 15.4. The predicted octanol–water partition coefficient (Wildman–Crippen LogP) is 2.05. The van der Waals surface area contributed by atoms with Crippen molar-refractivity contribution in [2.75, 3.05) is 20.1 Å². The van der Waals surface area contributed by atoms with Gasteiger partial charge in [0.1, 0.15) is 4.21 Å². The van der Waals surface area contributed by atoms with Crippen LogP contribution in [-0.2, 0) is 16.6 Å². The number of nitrogens with zero attached hydrogens (tertiary/aromatic N) is 1. The summed E-state index contributed by atoms with van der Waals surface area (Å²) in [7, 11) is -1.53. The molecule has 1 N–H and O–H groups in total. The summed E-state index contributed by atoms with van der Waals surface area (Å²) in [6.45, 7) is 7.14. The van der Waals surface area contributed by atoms with Crippen molar-refractivity contribution in [3.8, 4) is 0 Å². The maximum absolute atomic E-state index is 12.4. The first-order valence-electron chi connectivity index (χ1n) is 5.90. The lowest BCUT2D eigenvalue weighted by Crippen LogP contribution is -2.31. The predicted molar refractivity (Wildman–Crippen MR) is 76.3 cm³/mol. The Morgan fingerprint density at radius 3 is 2.78 bits per heavy atom. The van der Waals surface area contributed by atoms with Gasteiger partial charge in [-0.05, 0) is 25.6 Å². The summed E-state index contributed by atoms with van der Waals surface area (Å²) in [6.07, 6.45) is 2.41. The lowest BCUT2D eigenvalue weighted by Gasteiger charge is -2.18. The molecule has 1 rings (SSSR count). The van der Waals surface area contributed by atoms with Crippen molar-refractivity contribution in [3.05, 3.63) is 29.7 Å². The maximum atomic E-state index is 12.4. The van der Waals surface area contributed by atoms with E-state index in [0.29, 0.717) is 23.8 Å². The smallest absolute Gasteiger partial charge is 0.252 e. The van der Waals surface area contributed by atoms with Crippen LogP contribution in [0.4, 0.5) is 0 Å². The topological polar surface area (TPSA) is 49.4 Å². The third-order valence-corrected chi connectivity index (χ3v) is 5.81. The molecular weight excluding hydrogens is 268 g/mol. The lowest BCUT2D eigenvalue weighted by molar-refractivity contribution is 0.443. The van der Waals surface area contributed by atoms with Gasteiger partial charge in [0, 0.05) is 24.5 Å². The number of sulfonamides is 1. The second-order valence-electron chi connectivity index (χ2n) is 3.90. The molecule has 0 saturated carbocycles. The van der Waals surface area contributed by atoms with Gasteiger partial charge in [-0.2, -0.15) is 4.31 Å². The van der Waals surface area contributed by atoms with E-state index in [1.807, 2.05) is 20.0 Å². The van der Waals surface area contributed by atoms with Crippen LogP contribution in [0.2, 0.25) is 0 Å². The Bertz CT molecular complexity index is 480. The first-order valence-corrected chi connectivity index (χ1v) is 8.16. The number of nitrogens with one attached hydrogen (secondary N) is 1. The minimum absolute atomic E-state index is 0.357. The van der Waals surface area contributed by atoms with Crippen LogP contribution >= 0.6 is 11.3 Å². The van der Waals surface area contributed by atoms with E-state index < -0.39 is 10.0 Å². The van der Waals surface area contributed by atoms with Gasteiger partial charge in [0.05, 0.1) is 0 Å². The van der Waals surface area contributed by atoms with Crippen LogP contribution in [0, 0.1) is 0 Å². The number of rotatable bonds is 8. The van der Waals surface area contributed by atoms with Crippen LogP contribution in [0.25, 0.3) is 0 Å². The van der Waals surface area contributed by atoms with E-state index in [0.717, 1.165) is 11.3 Å². The van der Waals surface area contributed by atoms with Crippen molar-refractivity contribution in [2.45, 2.75) is 24.1 Å². The second kappa shape index (κ2) is 7.04. The Kier molecular flexibility index (Phi) is 6.01. The van der Waals surface area contributed by atoms with E-state index in [1.165, 1.54) is 15.6 Å². The molecule has 0 amide bonds. The molecule has 0 fully saturated rings. The van der Waals surface area contributed by atoms with Gasteiger partial charge < -0.3 is 5.32 Å². The Morgan fingerprint density at radius 1 is 1.50 bits per heavy atom. The van der Waals surface area contributed by atoms with E-state index in [4.69, 9.17) is 0 Å². The molecule has 6 heteroatoms. The highest BCUT2D eigenvalue weighted by Gasteiger charge is 2.24. The molecule has 4 nitrogen and oxygen atoms in total. The van der Waals surface area contributed by atoms with Crippen LogP contribution in [-0.4, -0.2) is 32.9 Å².